The molecule has 3 N–H and O–H groups in total. The number of benzene rings is 1. The minimum atomic E-state index is -0.605. The molecule has 4 rings (SSSR count). The number of ether oxygens (including phenoxy) is 3. The molecular formula is C33H53NO6. The van der Waals surface area contributed by atoms with E-state index in [1.165, 1.54) is 24.0 Å². The van der Waals surface area contributed by atoms with Crippen LogP contribution in [0.2, 0.25) is 0 Å². The van der Waals surface area contributed by atoms with Crippen LogP contribution in [-0.2, 0) is 31.9 Å². The number of carboxylic acids is 1. The van der Waals surface area contributed by atoms with Crippen LogP contribution in [0.25, 0.3) is 0 Å². The van der Waals surface area contributed by atoms with E-state index in [0.717, 1.165) is 82.3 Å². The number of hydrogen-bond donors (Lipinski definition) is 2. The highest BCUT2D eigenvalue weighted by atomic mass is 16.5. The van der Waals surface area contributed by atoms with Gasteiger partial charge in [0.25, 0.3) is 0 Å². The highest BCUT2D eigenvalue weighted by Crippen LogP contribution is 2.42. The summed E-state index contributed by atoms with van der Waals surface area (Å²) in [5.41, 5.74) is 8.31. The van der Waals surface area contributed by atoms with Gasteiger partial charge in [-0.3, -0.25) is 9.59 Å². The average molecular weight is 560 g/mol. The van der Waals surface area contributed by atoms with Crippen molar-refractivity contribution in [1.82, 2.24) is 0 Å². The summed E-state index contributed by atoms with van der Waals surface area (Å²) in [4.78, 5) is 22.5. The van der Waals surface area contributed by atoms with Crippen molar-refractivity contribution in [3.8, 4) is 5.75 Å². The number of fused-ring (bicyclic) bond motifs is 1. The Morgan fingerprint density at radius 1 is 1.02 bits per heavy atom. The van der Waals surface area contributed by atoms with Crippen molar-refractivity contribution in [3.63, 3.8) is 0 Å². The third-order valence-corrected chi connectivity index (χ3v) is 8.82. The van der Waals surface area contributed by atoms with Gasteiger partial charge in [-0.05, 0) is 99.8 Å². The monoisotopic (exact) mass is 559 g/mol. The van der Waals surface area contributed by atoms with Crippen molar-refractivity contribution >= 4 is 11.9 Å². The fraction of sp³-hybridized carbons (Fsp3) is 0.697. The molecule has 1 aromatic carbocycles. The molecule has 0 saturated heterocycles. The summed E-state index contributed by atoms with van der Waals surface area (Å²) in [5, 5.41) is 8.62. The number of carbonyl (C=O) groups excluding carboxylic acids is 1. The smallest absolute Gasteiger partial charge is 0.306 e. The van der Waals surface area contributed by atoms with Gasteiger partial charge in [-0.2, -0.15) is 0 Å². The van der Waals surface area contributed by atoms with E-state index in [0.29, 0.717) is 26.4 Å². The van der Waals surface area contributed by atoms with E-state index >= 15 is 0 Å². The molecule has 3 aliphatic rings. The zero-order valence-electron chi connectivity index (χ0n) is 25.0. The quantitative estimate of drug-likeness (QED) is 0.215. The van der Waals surface area contributed by atoms with Crippen LogP contribution in [0.4, 0.5) is 0 Å². The maximum absolute atomic E-state index is 12.1. The van der Waals surface area contributed by atoms with Crippen LogP contribution in [0, 0.1) is 23.2 Å². The second kappa shape index (κ2) is 18.1. The number of aryl methyl sites for hydroxylation is 2. The number of carboxylic acid groups (broad SMARTS) is 1. The van der Waals surface area contributed by atoms with Crippen molar-refractivity contribution in [2.45, 2.75) is 90.4 Å². The van der Waals surface area contributed by atoms with Crippen molar-refractivity contribution in [1.29, 1.82) is 0 Å². The van der Waals surface area contributed by atoms with Gasteiger partial charge in [-0.1, -0.05) is 25.8 Å². The molecule has 0 aliphatic heterocycles. The SMILES string of the molecule is C=C.CC1CCC(C(=O)O)CC1.COCCOC[C@H](CCC1(C(N)=O)CCCC1)COc1ccc2c(c1)CCC2. The van der Waals surface area contributed by atoms with Crippen molar-refractivity contribution in [2.75, 3.05) is 33.5 Å². The molecular weight excluding hydrogens is 506 g/mol. The Balaban J connectivity index is 0.000000391. The third-order valence-electron chi connectivity index (χ3n) is 8.82. The third kappa shape index (κ3) is 10.9. The Hall–Kier alpha value is -2.38. The standard InChI is InChI=1S/C23H35NO4.C8H14O2.C2H4/c1-26-13-14-27-16-18(9-12-23(22(24)25)10-2-3-11-23)17-28-21-8-7-19-5-4-6-20(19)15-21;1-6-2-4-7(5-3-6)8(9)10;1-2/h7-8,15,18H,2-6,9-14,16-17H2,1H3,(H2,24,25);6-7H,2-5H2,1H3,(H,9,10);1-2H2/t18-;;/m0../s1. The summed E-state index contributed by atoms with van der Waals surface area (Å²) in [5.74, 6) is 1.14. The Labute approximate surface area is 241 Å². The van der Waals surface area contributed by atoms with Gasteiger partial charge in [0.15, 0.2) is 0 Å². The van der Waals surface area contributed by atoms with E-state index in [4.69, 9.17) is 25.1 Å². The first-order valence-electron chi connectivity index (χ1n) is 15.2. The van der Waals surface area contributed by atoms with Crippen LogP contribution in [0.1, 0.15) is 88.7 Å². The van der Waals surface area contributed by atoms with Crippen molar-refractivity contribution in [3.05, 3.63) is 42.5 Å². The molecule has 0 spiro atoms. The predicted molar refractivity (Wildman–Crippen MR) is 159 cm³/mol. The topological polar surface area (TPSA) is 108 Å². The summed E-state index contributed by atoms with van der Waals surface area (Å²) >= 11 is 0. The number of rotatable bonds is 13. The first kappa shape index (κ1) is 33.8. The maximum Gasteiger partial charge on any atom is 0.306 e. The molecule has 2 saturated carbocycles. The van der Waals surface area contributed by atoms with Gasteiger partial charge in [-0.15, -0.1) is 13.2 Å². The Morgan fingerprint density at radius 3 is 2.33 bits per heavy atom. The first-order chi connectivity index (χ1) is 19.3. The number of carbonyl (C=O) groups is 2. The van der Waals surface area contributed by atoms with E-state index in [-0.39, 0.29) is 23.2 Å². The molecule has 2 fully saturated rings. The lowest BCUT2D eigenvalue weighted by molar-refractivity contribution is -0.143. The number of hydrogen-bond acceptors (Lipinski definition) is 5. The molecule has 1 amide bonds. The van der Waals surface area contributed by atoms with Gasteiger partial charge in [0, 0.05) is 18.4 Å². The van der Waals surface area contributed by atoms with Gasteiger partial charge in [-0.25, -0.2) is 0 Å². The summed E-state index contributed by atoms with van der Waals surface area (Å²) in [6.45, 7) is 10.6. The first-order valence-corrected chi connectivity index (χ1v) is 15.2. The average Bonchev–Trinajstić information content (AvgIpc) is 3.64. The summed E-state index contributed by atoms with van der Waals surface area (Å²) in [6, 6.07) is 6.46. The van der Waals surface area contributed by atoms with Crippen molar-refractivity contribution < 1.29 is 28.9 Å². The molecule has 7 nitrogen and oxygen atoms in total. The Kier molecular flexibility index (Phi) is 15.3. The van der Waals surface area contributed by atoms with Crippen LogP contribution in [0.3, 0.4) is 0 Å². The van der Waals surface area contributed by atoms with E-state index < -0.39 is 5.97 Å². The molecule has 1 aromatic rings. The van der Waals surface area contributed by atoms with Crippen LogP contribution in [-0.4, -0.2) is 50.5 Å². The van der Waals surface area contributed by atoms with Gasteiger partial charge in [0.1, 0.15) is 5.75 Å². The predicted octanol–water partition coefficient (Wildman–Crippen LogP) is 6.36. The van der Waals surface area contributed by atoms with Crippen LogP contribution >= 0.6 is 0 Å². The lowest BCUT2D eigenvalue weighted by atomic mass is 9.79. The number of nitrogens with two attached hydrogens (primary N) is 1. The number of aliphatic carboxylic acids is 1. The van der Waals surface area contributed by atoms with E-state index in [1.807, 2.05) is 0 Å². The largest absolute Gasteiger partial charge is 0.493 e. The Bertz CT molecular complexity index is 889. The van der Waals surface area contributed by atoms with Gasteiger partial charge in [0.2, 0.25) is 5.91 Å². The molecule has 0 bridgehead atoms. The number of amides is 1. The normalized spacial score (nSPS) is 21.6. The van der Waals surface area contributed by atoms with E-state index in [1.54, 1.807) is 7.11 Å². The van der Waals surface area contributed by atoms with Gasteiger partial charge >= 0.3 is 5.97 Å². The molecule has 40 heavy (non-hydrogen) atoms. The van der Waals surface area contributed by atoms with Crippen molar-refractivity contribution in [2.24, 2.45) is 28.9 Å². The minimum absolute atomic E-state index is 0.0452. The highest BCUT2D eigenvalue weighted by Gasteiger charge is 2.39. The van der Waals surface area contributed by atoms with Crippen LogP contribution in [0.5, 0.6) is 5.75 Å². The molecule has 7 heteroatoms. The molecule has 226 valence electrons. The maximum atomic E-state index is 12.1. The number of primary amides is 1. The molecule has 1 atom stereocenters. The van der Waals surface area contributed by atoms with Gasteiger partial charge < -0.3 is 25.1 Å². The summed E-state index contributed by atoms with van der Waals surface area (Å²) in [7, 11) is 1.68. The second-order valence-electron chi connectivity index (χ2n) is 11.7. The minimum Gasteiger partial charge on any atom is -0.493 e. The molecule has 0 heterocycles. The fourth-order valence-electron chi connectivity index (χ4n) is 6.12. The number of methoxy groups -OCH3 is 1. The molecule has 0 unspecified atom stereocenters. The second-order valence-corrected chi connectivity index (χ2v) is 11.7. The highest BCUT2D eigenvalue weighted by molar-refractivity contribution is 5.81. The summed E-state index contributed by atoms with van der Waals surface area (Å²) < 4.78 is 17.0. The summed E-state index contributed by atoms with van der Waals surface area (Å²) in [6.07, 6.45) is 13.3. The zero-order chi connectivity index (χ0) is 29.4. The molecule has 3 aliphatic carbocycles. The van der Waals surface area contributed by atoms with Gasteiger partial charge in [0.05, 0.1) is 32.3 Å². The fourth-order valence-corrected chi connectivity index (χ4v) is 6.12. The van der Waals surface area contributed by atoms with Crippen LogP contribution in [0.15, 0.2) is 31.4 Å². The lowest BCUT2D eigenvalue weighted by Crippen LogP contribution is -2.35. The zero-order valence-corrected chi connectivity index (χ0v) is 25.0. The van der Waals surface area contributed by atoms with E-state index in [9.17, 15) is 9.59 Å². The lowest BCUT2D eigenvalue weighted by Gasteiger charge is -2.27. The molecule has 0 radical (unpaired) electrons. The van der Waals surface area contributed by atoms with E-state index in [2.05, 4.69) is 38.3 Å². The molecule has 0 aromatic heterocycles. The Morgan fingerprint density at radius 2 is 1.70 bits per heavy atom. The van der Waals surface area contributed by atoms with Crippen LogP contribution < -0.4 is 10.5 Å².